The normalized spacial score (nSPS) is 18.5. The van der Waals surface area contributed by atoms with Crippen molar-refractivity contribution in [3.05, 3.63) is 58.3 Å². The molecule has 0 aliphatic carbocycles. The van der Waals surface area contributed by atoms with E-state index in [0.29, 0.717) is 40.0 Å². The fourth-order valence-electron chi connectivity index (χ4n) is 5.24. The van der Waals surface area contributed by atoms with Crippen molar-refractivity contribution in [3.63, 3.8) is 0 Å². The van der Waals surface area contributed by atoms with Crippen LogP contribution in [0.2, 0.25) is 10.0 Å². The van der Waals surface area contributed by atoms with E-state index in [2.05, 4.69) is 30.4 Å². The zero-order valence-corrected chi connectivity index (χ0v) is 27.6. The van der Waals surface area contributed by atoms with Gasteiger partial charge in [0.1, 0.15) is 6.29 Å². The summed E-state index contributed by atoms with van der Waals surface area (Å²) >= 11 is 12.7. The van der Waals surface area contributed by atoms with Gasteiger partial charge < -0.3 is 20.2 Å². The van der Waals surface area contributed by atoms with E-state index in [1.807, 2.05) is 31.2 Å². The highest BCUT2D eigenvalue weighted by Gasteiger charge is 2.20. The molecule has 4 rings (SSSR count). The Labute approximate surface area is 275 Å². The molecule has 1 aromatic heterocycles. The number of aromatic nitrogens is 1. The van der Waals surface area contributed by atoms with Crippen LogP contribution in [0.25, 0.3) is 11.3 Å². The monoisotopic (exact) mass is 655 g/mol. The molecule has 0 bridgehead atoms. The Balaban J connectivity index is 1.51. The first-order valence-electron chi connectivity index (χ1n) is 15.5. The van der Waals surface area contributed by atoms with Gasteiger partial charge in [0.2, 0.25) is 17.7 Å². The molecular weight excluding hydrogens is 613 g/mol. The van der Waals surface area contributed by atoms with Gasteiger partial charge in [0.15, 0.2) is 0 Å². The highest BCUT2D eigenvalue weighted by atomic mass is 35.5. The van der Waals surface area contributed by atoms with Crippen molar-refractivity contribution in [2.75, 3.05) is 52.4 Å². The molecule has 2 aromatic rings. The Bertz CT molecular complexity index is 1360. The van der Waals surface area contributed by atoms with E-state index in [9.17, 15) is 9.59 Å². The second-order valence-corrected chi connectivity index (χ2v) is 12.5. The lowest BCUT2D eigenvalue weighted by atomic mass is 9.96. The van der Waals surface area contributed by atoms with Gasteiger partial charge in [-0.15, -0.1) is 0 Å². The summed E-state index contributed by atoms with van der Waals surface area (Å²) in [6.45, 7) is 10.6. The Morgan fingerprint density at radius 2 is 1.89 bits per heavy atom. The number of pyridine rings is 1. The third-order valence-electron chi connectivity index (χ3n) is 7.83. The molecule has 45 heavy (non-hydrogen) atoms. The van der Waals surface area contributed by atoms with Crippen molar-refractivity contribution in [3.8, 4) is 17.1 Å². The number of halogens is 2. The zero-order valence-electron chi connectivity index (χ0n) is 26.1. The van der Waals surface area contributed by atoms with Gasteiger partial charge in [0, 0.05) is 79.6 Å². The Morgan fingerprint density at radius 1 is 1.11 bits per heavy atom. The smallest absolute Gasteiger partial charge is 0.239 e. The second kappa shape index (κ2) is 18.0. The van der Waals surface area contributed by atoms with E-state index >= 15 is 0 Å². The molecule has 1 amide bonds. The SMILES string of the molecule is CC(=O)NCC1CCN(Cc2cc(OC3=N/C=C/NCCN(CCC(C)C=O)CCN=C3)nc(-c3cc(Cl)cc(Cl)c3)c2)CC1. The van der Waals surface area contributed by atoms with Crippen LogP contribution in [0.4, 0.5) is 0 Å². The molecular formula is C33H43Cl2N7O3. The number of carbonyl (C=O) groups is 2. The summed E-state index contributed by atoms with van der Waals surface area (Å²) in [6.07, 6.45) is 8.92. The Hall–Kier alpha value is -3.31. The van der Waals surface area contributed by atoms with E-state index in [-0.39, 0.29) is 11.8 Å². The maximum Gasteiger partial charge on any atom is 0.239 e. The summed E-state index contributed by atoms with van der Waals surface area (Å²) in [5, 5.41) is 7.26. The average Bonchev–Trinajstić information content (AvgIpc) is 3.00. The van der Waals surface area contributed by atoms with Gasteiger partial charge in [-0.1, -0.05) is 30.1 Å². The summed E-state index contributed by atoms with van der Waals surface area (Å²) in [6, 6.07) is 9.34. The molecule has 1 atom stereocenters. The van der Waals surface area contributed by atoms with E-state index in [1.54, 1.807) is 31.6 Å². The van der Waals surface area contributed by atoms with Crippen LogP contribution in [-0.4, -0.2) is 91.4 Å². The topological polar surface area (TPSA) is 112 Å². The van der Waals surface area contributed by atoms with Crippen molar-refractivity contribution in [2.45, 2.75) is 39.7 Å². The van der Waals surface area contributed by atoms with Crippen molar-refractivity contribution >= 4 is 47.5 Å². The minimum atomic E-state index is 0.0149. The van der Waals surface area contributed by atoms with E-state index in [1.165, 1.54) is 0 Å². The maximum absolute atomic E-state index is 11.3. The minimum Gasteiger partial charge on any atom is -0.419 e. The number of amides is 1. The number of carbonyl (C=O) groups excluding carboxylic acids is 2. The van der Waals surface area contributed by atoms with Crippen molar-refractivity contribution in [1.29, 1.82) is 0 Å². The number of hydrogen-bond donors (Lipinski definition) is 2. The number of hydrogen-bond acceptors (Lipinski definition) is 9. The lowest BCUT2D eigenvalue weighted by Gasteiger charge is -2.32. The largest absolute Gasteiger partial charge is 0.419 e. The van der Waals surface area contributed by atoms with Crippen LogP contribution >= 0.6 is 23.2 Å². The molecule has 2 N–H and O–H groups in total. The first-order valence-corrected chi connectivity index (χ1v) is 16.3. The summed E-state index contributed by atoms with van der Waals surface area (Å²) in [5.74, 6) is 1.24. The molecule has 242 valence electrons. The molecule has 2 aliphatic heterocycles. The van der Waals surface area contributed by atoms with Crippen LogP contribution in [0.5, 0.6) is 5.88 Å². The molecule has 0 spiro atoms. The molecule has 1 saturated heterocycles. The fraction of sp³-hybridized carbons (Fsp3) is 0.485. The first kappa shape index (κ1) is 34.6. The Morgan fingerprint density at radius 3 is 2.62 bits per heavy atom. The highest BCUT2D eigenvalue weighted by Crippen LogP contribution is 2.29. The van der Waals surface area contributed by atoms with Crippen molar-refractivity contribution in [2.24, 2.45) is 21.8 Å². The molecule has 0 radical (unpaired) electrons. The van der Waals surface area contributed by atoms with Crippen molar-refractivity contribution < 1.29 is 14.3 Å². The number of ether oxygens (including phenoxy) is 1. The van der Waals surface area contributed by atoms with Gasteiger partial charge in [0.05, 0.1) is 18.5 Å². The number of likely N-dealkylation sites (tertiary alicyclic amines) is 1. The van der Waals surface area contributed by atoms with Gasteiger partial charge in [-0.05, 0) is 74.6 Å². The van der Waals surface area contributed by atoms with E-state index in [0.717, 1.165) is 89.0 Å². The average molecular weight is 657 g/mol. The number of nitrogens with one attached hydrogen (secondary N) is 2. The Kier molecular flexibility index (Phi) is 13.8. The van der Waals surface area contributed by atoms with Crippen LogP contribution in [0.1, 0.15) is 38.7 Å². The number of benzene rings is 1. The number of piperidine rings is 1. The fourth-order valence-corrected chi connectivity index (χ4v) is 5.77. The highest BCUT2D eigenvalue weighted by molar-refractivity contribution is 6.35. The lowest BCUT2D eigenvalue weighted by Crippen LogP contribution is -2.37. The number of aldehydes is 1. The van der Waals surface area contributed by atoms with E-state index in [4.69, 9.17) is 32.9 Å². The summed E-state index contributed by atoms with van der Waals surface area (Å²) < 4.78 is 6.24. The quantitative estimate of drug-likeness (QED) is 0.352. The molecule has 1 fully saturated rings. The predicted molar refractivity (Wildman–Crippen MR) is 181 cm³/mol. The van der Waals surface area contributed by atoms with Gasteiger partial charge in [-0.2, -0.15) is 0 Å². The van der Waals surface area contributed by atoms with Gasteiger partial charge >= 0.3 is 0 Å². The zero-order chi connectivity index (χ0) is 32.0. The number of rotatable bonds is 10. The van der Waals surface area contributed by atoms with Crippen LogP contribution in [-0.2, 0) is 16.1 Å². The molecule has 3 heterocycles. The minimum absolute atomic E-state index is 0.0149. The van der Waals surface area contributed by atoms with Gasteiger partial charge in [0.25, 0.3) is 0 Å². The first-order chi connectivity index (χ1) is 21.8. The lowest BCUT2D eigenvalue weighted by molar-refractivity contribution is -0.119. The van der Waals surface area contributed by atoms with E-state index < -0.39 is 0 Å². The standard InChI is InChI=1S/C33H43Cl2N7O3/c1-24(23-43)3-10-41-13-8-36-6-7-38-33(21-37-9-14-41)45-32-16-27(15-31(40-32)28-17-29(34)19-30(35)18-28)22-42-11-4-26(5-12-42)20-39-25(2)44/h6-7,15-19,21,23-24,26,36H,3-5,8-14,20,22H2,1-2H3,(H,39,44)/b7-6+,37-21?,38-33?. The molecule has 1 unspecified atom stereocenters. The number of nitrogens with zero attached hydrogens (tertiary/aromatic N) is 5. The molecule has 10 nitrogen and oxygen atoms in total. The maximum atomic E-state index is 11.3. The summed E-state index contributed by atoms with van der Waals surface area (Å²) in [7, 11) is 0. The van der Waals surface area contributed by atoms with Gasteiger partial charge in [-0.3, -0.25) is 19.6 Å². The summed E-state index contributed by atoms with van der Waals surface area (Å²) in [5.41, 5.74) is 2.51. The number of aliphatic imine (C=N–C) groups is 2. The van der Waals surface area contributed by atoms with Crippen molar-refractivity contribution in [1.82, 2.24) is 25.4 Å². The molecule has 1 aromatic carbocycles. The molecule has 0 saturated carbocycles. The third kappa shape index (κ3) is 12.2. The predicted octanol–water partition coefficient (Wildman–Crippen LogP) is 4.85. The van der Waals surface area contributed by atoms with Crippen LogP contribution < -0.4 is 15.4 Å². The third-order valence-corrected chi connectivity index (χ3v) is 8.27. The van der Waals surface area contributed by atoms with Gasteiger partial charge in [-0.25, -0.2) is 9.98 Å². The second-order valence-electron chi connectivity index (χ2n) is 11.6. The van der Waals surface area contributed by atoms with Crippen LogP contribution in [0, 0.1) is 11.8 Å². The molecule has 12 heteroatoms. The van der Waals surface area contributed by atoms with Crippen LogP contribution in [0.15, 0.2) is 52.7 Å². The van der Waals surface area contributed by atoms with Crippen LogP contribution in [0.3, 0.4) is 0 Å². The molecule has 2 aliphatic rings. The summed E-state index contributed by atoms with van der Waals surface area (Å²) in [4.78, 5) is 41.0.